The van der Waals surface area contributed by atoms with Crippen LogP contribution in [0.5, 0.6) is 5.75 Å². The van der Waals surface area contributed by atoms with Crippen molar-refractivity contribution in [1.82, 2.24) is 0 Å². The molecule has 0 bridgehead atoms. The Morgan fingerprint density at radius 3 is 2.73 bits per heavy atom. The third kappa shape index (κ3) is 3.16. The summed E-state index contributed by atoms with van der Waals surface area (Å²) in [4.78, 5) is 11.7. The van der Waals surface area contributed by atoms with Gasteiger partial charge in [-0.1, -0.05) is 19.1 Å². The fourth-order valence-electron chi connectivity index (χ4n) is 1.18. The van der Waals surface area contributed by atoms with Crippen molar-refractivity contribution in [3.05, 3.63) is 24.3 Å². The third-order valence-corrected chi connectivity index (χ3v) is 3.40. The maximum absolute atomic E-state index is 10.9. The summed E-state index contributed by atoms with van der Waals surface area (Å²) in [6.45, 7) is 1.86. The average Bonchev–Trinajstić information content (AvgIpc) is 2.25. The van der Waals surface area contributed by atoms with Crippen molar-refractivity contribution in [1.29, 1.82) is 0 Å². The highest BCUT2D eigenvalue weighted by Gasteiger charge is 2.18. The summed E-state index contributed by atoms with van der Waals surface area (Å²) < 4.78 is 5.16. The molecule has 0 saturated carbocycles. The zero-order valence-electron chi connectivity index (χ0n) is 8.77. The van der Waals surface area contributed by atoms with E-state index in [4.69, 9.17) is 9.84 Å². The molecular weight excluding hydrogens is 212 g/mol. The number of hydrogen-bond acceptors (Lipinski definition) is 3. The molecular formula is C11H14O3S. The van der Waals surface area contributed by atoms with Crippen molar-refractivity contribution in [2.45, 2.75) is 23.5 Å². The van der Waals surface area contributed by atoms with E-state index >= 15 is 0 Å². The lowest BCUT2D eigenvalue weighted by Crippen LogP contribution is -2.14. The quantitative estimate of drug-likeness (QED) is 0.784. The number of ether oxygens (including phenoxy) is 1. The molecule has 1 aromatic carbocycles. The van der Waals surface area contributed by atoms with Gasteiger partial charge in [-0.05, 0) is 18.6 Å². The number of para-hydroxylation sites is 1. The number of benzene rings is 1. The van der Waals surface area contributed by atoms with E-state index in [0.717, 1.165) is 10.6 Å². The summed E-state index contributed by atoms with van der Waals surface area (Å²) >= 11 is 1.32. The topological polar surface area (TPSA) is 46.5 Å². The normalized spacial score (nSPS) is 12.1. The summed E-state index contributed by atoms with van der Waals surface area (Å²) in [6.07, 6.45) is 0.595. The molecule has 0 aliphatic carbocycles. The maximum atomic E-state index is 10.9. The molecule has 0 amide bonds. The van der Waals surface area contributed by atoms with Crippen molar-refractivity contribution < 1.29 is 14.6 Å². The van der Waals surface area contributed by atoms with E-state index in [1.54, 1.807) is 7.11 Å². The van der Waals surface area contributed by atoms with Crippen LogP contribution in [-0.4, -0.2) is 23.4 Å². The average molecular weight is 226 g/mol. The number of rotatable bonds is 5. The molecule has 0 spiro atoms. The summed E-state index contributed by atoms with van der Waals surface area (Å²) in [5.41, 5.74) is 0. The molecule has 0 fully saturated rings. The highest BCUT2D eigenvalue weighted by atomic mass is 32.2. The number of carboxylic acids is 1. The van der Waals surface area contributed by atoms with Gasteiger partial charge < -0.3 is 9.84 Å². The van der Waals surface area contributed by atoms with Gasteiger partial charge in [0.25, 0.3) is 0 Å². The SMILES string of the molecule is CCC(Sc1ccccc1OC)C(=O)O. The second-order valence-corrected chi connectivity index (χ2v) is 4.25. The fraction of sp³-hybridized carbons (Fsp3) is 0.364. The van der Waals surface area contributed by atoms with Gasteiger partial charge in [0.15, 0.2) is 0 Å². The minimum Gasteiger partial charge on any atom is -0.496 e. The zero-order valence-corrected chi connectivity index (χ0v) is 9.58. The monoisotopic (exact) mass is 226 g/mol. The Hall–Kier alpha value is -1.16. The molecule has 0 radical (unpaired) electrons. The molecule has 0 saturated heterocycles. The molecule has 15 heavy (non-hydrogen) atoms. The van der Waals surface area contributed by atoms with Crippen LogP contribution in [0.3, 0.4) is 0 Å². The molecule has 82 valence electrons. The molecule has 4 heteroatoms. The number of carbonyl (C=O) groups is 1. The Kier molecular flexibility index (Phi) is 4.49. The summed E-state index contributed by atoms with van der Waals surface area (Å²) in [5, 5.41) is 8.52. The predicted molar refractivity (Wildman–Crippen MR) is 60.6 cm³/mol. The Balaban J connectivity index is 2.82. The first kappa shape index (κ1) is 11.9. The van der Waals surface area contributed by atoms with Gasteiger partial charge in [-0.3, -0.25) is 4.79 Å². The van der Waals surface area contributed by atoms with Crippen LogP contribution in [0.2, 0.25) is 0 Å². The van der Waals surface area contributed by atoms with E-state index in [0.29, 0.717) is 6.42 Å². The van der Waals surface area contributed by atoms with Crippen LogP contribution in [0.1, 0.15) is 13.3 Å². The Bertz CT molecular complexity index is 338. The molecule has 1 atom stereocenters. The summed E-state index contributed by atoms with van der Waals surface area (Å²) in [6, 6.07) is 7.44. The first-order chi connectivity index (χ1) is 7.19. The number of aliphatic carboxylic acids is 1. The van der Waals surface area contributed by atoms with Gasteiger partial charge in [0.05, 0.1) is 12.0 Å². The van der Waals surface area contributed by atoms with Gasteiger partial charge in [-0.15, -0.1) is 11.8 Å². The van der Waals surface area contributed by atoms with Crippen molar-refractivity contribution in [2.24, 2.45) is 0 Å². The molecule has 1 rings (SSSR count). The lowest BCUT2D eigenvalue weighted by molar-refractivity contribution is -0.136. The molecule has 1 aromatic rings. The third-order valence-electron chi connectivity index (χ3n) is 1.98. The molecule has 0 heterocycles. The van der Waals surface area contributed by atoms with E-state index in [-0.39, 0.29) is 0 Å². The number of carboxylic acid groups (broad SMARTS) is 1. The molecule has 0 aliphatic heterocycles. The number of hydrogen-bond donors (Lipinski definition) is 1. The molecule has 0 aliphatic rings. The van der Waals surface area contributed by atoms with Crippen molar-refractivity contribution in [3.8, 4) is 5.75 Å². The van der Waals surface area contributed by atoms with Gasteiger partial charge in [-0.2, -0.15) is 0 Å². The smallest absolute Gasteiger partial charge is 0.316 e. The first-order valence-electron chi connectivity index (χ1n) is 4.71. The highest BCUT2D eigenvalue weighted by molar-refractivity contribution is 8.00. The van der Waals surface area contributed by atoms with Crippen LogP contribution in [0.15, 0.2) is 29.2 Å². The molecule has 1 unspecified atom stereocenters. The van der Waals surface area contributed by atoms with E-state index in [1.807, 2.05) is 31.2 Å². The first-order valence-corrected chi connectivity index (χ1v) is 5.59. The number of thioether (sulfide) groups is 1. The van der Waals surface area contributed by atoms with E-state index in [2.05, 4.69) is 0 Å². The fourth-order valence-corrected chi connectivity index (χ4v) is 2.18. The lowest BCUT2D eigenvalue weighted by Gasteiger charge is -2.12. The molecule has 3 nitrogen and oxygen atoms in total. The van der Waals surface area contributed by atoms with Crippen molar-refractivity contribution in [2.75, 3.05) is 7.11 Å². The van der Waals surface area contributed by atoms with Crippen LogP contribution in [0.25, 0.3) is 0 Å². The van der Waals surface area contributed by atoms with E-state index in [9.17, 15) is 4.79 Å². The minimum atomic E-state index is -0.784. The second kappa shape index (κ2) is 5.66. The second-order valence-electron chi connectivity index (χ2n) is 3.00. The van der Waals surface area contributed by atoms with Crippen LogP contribution in [-0.2, 0) is 4.79 Å². The summed E-state index contributed by atoms with van der Waals surface area (Å²) in [5.74, 6) is -0.0596. The van der Waals surface area contributed by atoms with Crippen LogP contribution < -0.4 is 4.74 Å². The largest absolute Gasteiger partial charge is 0.496 e. The van der Waals surface area contributed by atoms with Gasteiger partial charge in [-0.25, -0.2) is 0 Å². The molecule has 0 aromatic heterocycles. The predicted octanol–water partition coefficient (Wildman–Crippen LogP) is 2.65. The van der Waals surface area contributed by atoms with Gasteiger partial charge >= 0.3 is 5.97 Å². The van der Waals surface area contributed by atoms with Crippen molar-refractivity contribution >= 4 is 17.7 Å². The lowest BCUT2D eigenvalue weighted by atomic mass is 10.3. The summed E-state index contributed by atoms with van der Waals surface area (Å²) in [7, 11) is 1.58. The number of methoxy groups -OCH3 is 1. The van der Waals surface area contributed by atoms with Crippen LogP contribution in [0, 0.1) is 0 Å². The standard InChI is InChI=1S/C11H14O3S/c1-3-9(11(12)13)15-10-7-5-4-6-8(10)14-2/h4-7,9H,3H2,1-2H3,(H,12,13). The molecule has 1 N–H and O–H groups in total. The van der Waals surface area contributed by atoms with Crippen LogP contribution >= 0.6 is 11.8 Å². The highest BCUT2D eigenvalue weighted by Crippen LogP contribution is 2.33. The Labute approximate surface area is 93.4 Å². The van der Waals surface area contributed by atoms with E-state index in [1.165, 1.54) is 11.8 Å². The zero-order chi connectivity index (χ0) is 11.3. The van der Waals surface area contributed by atoms with Gasteiger partial charge in [0.2, 0.25) is 0 Å². The van der Waals surface area contributed by atoms with E-state index < -0.39 is 11.2 Å². The Morgan fingerprint density at radius 1 is 1.53 bits per heavy atom. The van der Waals surface area contributed by atoms with Crippen molar-refractivity contribution in [3.63, 3.8) is 0 Å². The minimum absolute atomic E-state index is 0.415. The maximum Gasteiger partial charge on any atom is 0.316 e. The van der Waals surface area contributed by atoms with Crippen LogP contribution in [0.4, 0.5) is 0 Å². The Morgan fingerprint density at radius 2 is 2.20 bits per heavy atom. The van der Waals surface area contributed by atoms with Gasteiger partial charge in [0, 0.05) is 0 Å². The van der Waals surface area contributed by atoms with Gasteiger partial charge in [0.1, 0.15) is 11.0 Å².